The smallest absolute Gasteiger partial charge is 0.294 e. The first-order chi connectivity index (χ1) is 18.2. The predicted molar refractivity (Wildman–Crippen MR) is 158 cm³/mol. The van der Waals surface area contributed by atoms with Crippen LogP contribution >= 0.6 is 34.4 Å². The molecule has 1 N–H and O–H groups in total. The number of amides is 3. The van der Waals surface area contributed by atoms with Crippen LogP contribution in [0.25, 0.3) is 6.08 Å². The Morgan fingerprint density at radius 1 is 1.03 bits per heavy atom. The molecule has 196 valence electrons. The summed E-state index contributed by atoms with van der Waals surface area (Å²) in [7, 11) is 0. The molecular formula is C29H27IN2O5S. The van der Waals surface area contributed by atoms with E-state index in [4.69, 9.17) is 9.47 Å². The summed E-state index contributed by atoms with van der Waals surface area (Å²) in [5.74, 6) is 0.218. The maximum absolute atomic E-state index is 13.0. The lowest BCUT2D eigenvalue weighted by molar-refractivity contribution is -0.127. The van der Waals surface area contributed by atoms with Gasteiger partial charge in [0.05, 0.1) is 15.1 Å². The normalized spacial score (nSPS) is 14.2. The van der Waals surface area contributed by atoms with Crippen LogP contribution in [-0.2, 0) is 16.2 Å². The molecule has 0 radical (unpaired) electrons. The van der Waals surface area contributed by atoms with Gasteiger partial charge in [-0.15, -0.1) is 0 Å². The summed E-state index contributed by atoms with van der Waals surface area (Å²) in [6.07, 6.45) is 1.64. The number of hydrogen-bond donors (Lipinski definition) is 1. The molecule has 1 aliphatic heterocycles. The number of thioether (sulfide) groups is 1. The van der Waals surface area contributed by atoms with Crippen molar-refractivity contribution in [2.75, 3.05) is 18.5 Å². The van der Waals surface area contributed by atoms with E-state index in [9.17, 15) is 14.4 Å². The SMILES string of the molecule is CCOc1cc(/C=C2/SC(=O)N(CC(=O)Nc3ccc(C)c(C)c3)C2=O)cc(I)c1OCc1ccccc1. The van der Waals surface area contributed by atoms with Crippen LogP contribution in [0.3, 0.4) is 0 Å². The number of nitrogens with zero attached hydrogens (tertiary/aromatic N) is 1. The van der Waals surface area contributed by atoms with Crippen molar-refractivity contribution in [2.45, 2.75) is 27.4 Å². The zero-order valence-electron chi connectivity index (χ0n) is 21.2. The van der Waals surface area contributed by atoms with Crippen LogP contribution < -0.4 is 14.8 Å². The standard InChI is InChI=1S/C29H27IN2O5S/c1-4-36-24-14-21(13-23(30)27(24)37-17-20-8-6-5-7-9-20)15-25-28(34)32(29(35)38-25)16-26(33)31-22-11-10-18(2)19(3)12-22/h5-15H,4,16-17H2,1-3H3,(H,31,33)/b25-15+. The minimum Gasteiger partial charge on any atom is -0.490 e. The van der Waals surface area contributed by atoms with Crippen molar-refractivity contribution < 1.29 is 23.9 Å². The summed E-state index contributed by atoms with van der Waals surface area (Å²) >= 11 is 2.98. The molecule has 1 heterocycles. The van der Waals surface area contributed by atoms with Gasteiger partial charge >= 0.3 is 0 Å². The van der Waals surface area contributed by atoms with E-state index in [1.54, 1.807) is 18.2 Å². The van der Waals surface area contributed by atoms with E-state index in [-0.39, 0.29) is 11.4 Å². The van der Waals surface area contributed by atoms with Gasteiger partial charge in [-0.25, -0.2) is 0 Å². The minimum absolute atomic E-state index is 0.241. The van der Waals surface area contributed by atoms with Gasteiger partial charge in [-0.3, -0.25) is 19.3 Å². The number of imide groups is 1. The number of rotatable bonds is 9. The van der Waals surface area contributed by atoms with Gasteiger partial charge in [0, 0.05) is 5.69 Å². The van der Waals surface area contributed by atoms with Crippen molar-refractivity contribution in [2.24, 2.45) is 0 Å². The van der Waals surface area contributed by atoms with E-state index in [0.717, 1.165) is 36.9 Å². The lowest BCUT2D eigenvalue weighted by atomic mass is 10.1. The zero-order valence-corrected chi connectivity index (χ0v) is 24.2. The summed E-state index contributed by atoms with van der Waals surface area (Å²) in [5, 5.41) is 2.27. The second kappa shape index (κ2) is 12.5. The lowest BCUT2D eigenvalue weighted by Gasteiger charge is -2.15. The molecule has 1 aliphatic rings. The first-order valence-electron chi connectivity index (χ1n) is 12.0. The number of nitrogens with one attached hydrogen (secondary N) is 1. The fourth-order valence-electron chi connectivity index (χ4n) is 3.75. The van der Waals surface area contributed by atoms with Crippen molar-refractivity contribution >= 4 is 63.2 Å². The number of carbonyl (C=O) groups is 3. The van der Waals surface area contributed by atoms with Crippen molar-refractivity contribution in [3.8, 4) is 11.5 Å². The fourth-order valence-corrected chi connectivity index (χ4v) is 5.37. The molecule has 1 fully saturated rings. The molecule has 0 spiro atoms. The monoisotopic (exact) mass is 642 g/mol. The number of hydrogen-bond acceptors (Lipinski definition) is 6. The summed E-state index contributed by atoms with van der Waals surface area (Å²) in [6.45, 7) is 6.29. The third kappa shape index (κ3) is 6.76. The van der Waals surface area contributed by atoms with Crippen LogP contribution in [0.1, 0.15) is 29.2 Å². The summed E-state index contributed by atoms with van der Waals surface area (Å²) in [5.41, 5.74) is 4.49. The van der Waals surface area contributed by atoms with Crippen LogP contribution in [0.15, 0.2) is 65.6 Å². The van der Waals surface area contributed by atoms with E-state index >= 15 is 0 Å². The number of benzene rings is 3. The molecule has 0 atom stereocenters. The second-order valence-electron chi connectivity index (χ2n) is 8.65. The maximum Gasteiger partial charge on any atom is 0.294 e. The van der Waals surface area contributed by atoms with Crippen LogP contribution in [0, 0.1) is 17.4 Å². The molecule has 0 bridgehead atoms. The molecule has 7 nitrogen and oxygen atoms in total. The highest BCUT2D eigenvalue weighted by molar-refractivity contribution is 14.1. The lowest BCUT2D eigenvalue weighted by Crippen LogP contribution is -2.36. The predicted octanol–water partition coefficient (Wildman–Crippen LogP) is 6.56. The highest BCUT2D eigenvalue weighted by Gasteiger charge is 2.36. The zero-order chi connectivity index (χ0) is 27.2. The quantitative estimate of drug-likeness (QED) is 0.210. The Morgan fingerprint density at radius 2 is 1.79 bits per heavy atom. The Hall–Kier alpha value is -3.31. The molecule has 0 unspecified atom stereocenters. The highest BCUT2D eigenvalue weighted by Crippen LogP contribution is 2.38. The van der Waals surface area contributed by atoms with E-state index in [2.05, 4.69) is 27.9 Å². The average Bonchev–Trinajstić information content (AvgIpc) is 3.13. The van der Waals surface area contributed by atoms with Gasteiger partial charge in [-0.1, -0.05) is 36.4 Å². The molecule has 1 saturated heterocycles. The van der Waals surface area contributed by atoms with Crippen molar-refractivity contribution in [3.05, 3.63) is 91.4 Å². The third-order valence-electron chi connectivity index (χ3n) is 5.82. The number of anilines is 1. The fraction of sp³-hybridized carbons (Fsp3) is 0.207. The molecule has 4 rings (SSSR count). The van der Waals surface area contributed by atoms with Gasteiger partial charge in [0.15, 0.2) is 11.5 Å². The molecule has 3 aromatic carbocycles. The van der Waals surface area contributed by atoms with Crippen LogP contribution in [0.4, 0.5) is 10.5 Å². The first-order valence-corrected chi connectivity index (χ1v) is 13.9. The summed E-state index contributed by atoms with van der Waals surface area (Å²) < 4.78 is 12.7. The topological polar surface area (TPSA) is 84.9 Å². The van der Waals surface area contributed by atoms with Crippen molar-refractivity contribution in [1.29, 1.82) is 0 Å². The Kier molecular flexibility index (Phi) is 9.11. The number of carbonyl (C=O) groups excluding carboxylic acids is 3. The van der Waals surface area contributed by atoms with Gasteiger partial charge in [-0.2, -0.15) is 0 Å². The van der Waals surface area contributed by atoms with Gasteiger partial charge in [0.1, 0.15) is 13.2 Å². The molecule has 0 saturated carbocycles. The van der Waals surface area contributed by atoms with Crippen molar-refractivity contribution in [1.82, 2.24) is 4.90 Å². The molecule has 0 aliphatic carbocycles. The van der Waals surface area contributed by atoms with Crippen LogP contribution in [-0.4, -0.2) is 35.1 Å². The first kappa shape index (κ1) is 27.7. The van der Waals surface area contributed by atoms with Crippen molar-refractivity contribution in [3.63, 3.8) is 0 Å². The van der Waals surface area contributed by atoms with E-state index in [1.165, 1.54) is 0 Å². The average molecular weight is 643 g/mol. The Balaban J connectivity index is 1.48. The third-order valence-corrected chi connectivity index (χ3v) is 7.53. The minimum atomic E-state index is -0.507. The van der Waals surface area contributed by atoms with Gasteiger partial charge < -0.3 is 14.8 Å². The number of halogens is 1. The second-order valence-corrected chi connectivity index (χ2v) is 10.8. The Labute approximate surface area is 239 Å². The van der Waals surface area contributed by atoms with Gasteiger partial charge in [0.25, 0.3) is 11.1 Å². The van der Waals surface area contributed by atoms with Crippen LogP contribution in [0.5, 0.6) is 11.5 Å². The van der Waals surface area contributed by atoms with E-state index < -0.39 is 17.1 Å². The van der Waals surface area contributed by atoms with E-state index in [1.807, 2.05) is 69.3 Å². The molecule has 3 amide bonds. The largest absolute Gasteiger partial charge is 0.490 e. The summed E-state index contributed by atoms with van der Waals surface area (Å²) in [4.78, 5) is 39.4. The number of ether oxygens (including phenoxy) is 2. The summed E-state index contributed by atoms with van der Waals surface area (Å²) in [6, 6.07) is 19.0. The Bertz CT molecular complexity index is 1410. The maximum atomic E-state index is 13.0. The Morgan fingerprint density at radius 3 is 2.50 bits per heavy atom. The van der Waals surface area contributed by atoms with Gasteiger partial charge in [0.2, 0.25) is 5.91 Å². The van der Waals surface area contributed by atoms with Gasteiger partial charge in [-0.05, 0) is 108 Å². The molecule has 3 aromatic rings. The van der Waals surface area contributed by atoms with Crippen LogP contribution in [0.2, 0.25) is 0 Å². The molecule has 9 heteroatoms. The highest BCUT2D eigenvalue weighted by atomic mass is 127. The van der Waals surface area contributed by atoms with E-state index in [0.29, 0.717) is 36.0 Å². The molecule has 0 aromatic heterocycles. The number of aryl methyl sites for hydroxylation is 2. The molecular weight excluding hydrogens is 615 g/mol. The molecule has 38 heavy (non-hydrogen) atoms.